The maximum absolute atomic E-state index is 13.9. The van der Waals surface area contributed by atoms with E-state index >= 15 is 0 Å². The fourth-order valence-corrected chi connectivity index (χ4v) is 4.50. The molecule has 2 aliphatic rings. The van der Waals surface area contributed by atoms with Crippen molar-refractivity contribution in [2.75, 3.05) is 11.9 Å². The second-order valence-corrected chi connectivity index (χ2v) is 9.67. The average Bonchev–Trinajstić information content (AvgIpc) is 3.31. The van der Waals surface area contributed by atoms with Gasteiger partial charge in [0.05, 0.1) is 23.5 Å². The lowest BCUT2D eigenvalue weighted by Crippen LogP contribution is -2.44. The van der Waals surface area contributed by atoms with Crippen LogP contribution in [0.1, 0.15) is 74.6 Å². The van der Waals surface area contributed by atoms with Gasteiger partial charge in [-0.3, -0.25) is 9.48 Å². The van der Waals surface area contributed by atoms with Crippen LogP contribution in [-0.2, 0) is 7.05 Å². The summed E-state index contributed by atoms with van der Waals surface area (Å²) < 4.78 is 44.3. The van der Waals surface area contributed by atoms with Crippen molar-refractivity contribution in [1.82, 2.24) is 24.5 Å². The lowest BCUT2D eigenvalue weighted by Gasteiger charge is -2.39. The molecule has 31 heavy (non-hydrogen) atoms. The molecule has 0 aromatic carbocycles. The molecule has 0 saturated carbocycles. The van der Waals surface area contributed by atoms with Crippen molar-refractivity contribution in [1.29, 1.82) is 0 Å². The quantitative estimate of drug-likeness (QED) is 0.759. The third-order valence-electron chi connectivity index (χ3n) is 6.31. The molecule has 1 fully saturated rings. The molecule has 1 saturated heterocycles. The Kier molecular flexibility index (Phi) is 5.29. The van der Waals surface area contributed by atoms with Gasteiger partial charge in [-0.1, -0.05) is 20.8 Å². The standard InChI is InChI=1S/C21H29F3N6O/c1-20(2,3)16-10-17(21(22,23)24)30-18(26-16)9-14(27-30)15-7-5-6-8-29(15)19(31)13-11-25-28(4)12-13/h9,11-12,15-17,26H,5-8,10H2,1-4H3/t15?,16-,17+/m0/s1. The number of amides is 1. The molecule has 170 valence electrons. The lowest BCUT2D eigenvalue weighted by molar-refractivity contribution is -0.175. The highest BCUT2D eigenvalue weighted by atomic mass is 19.4. The Labute approximate surface area is 179 Å². The SMILES string of the molecule is Cn1cc(C(=O)N2CCCCC2c2cc3n(n2)[C@@H](C(F)(F)F)C[C@@H](C(C)(C)C)N3)cn1. The molecule has 2 aromatic rings. The number of fused-ring (bicyclic) bond motifs is 1. The van der Waals surface area contributed by atoms with E-state index in [9.17, 15) is 18.0 Å². The topological polar surface area (TPSA) is 68.0 Å². The van der Waals surface area contributed by atoms with Gasteiger partial charge in [-0.05, 0) is 31.1 Å². The molecule has 2 aliphatic heterocycles. The van der Waals surface area contributed by atoms with Crippen molar-refractivity contribution < 1.29 is 18.0 Å². The zero-order valence-corrected chi connectivity index (χ0v) is 18.3. The number of nitrogens with zero attached hydrogens (tertiary/aromatic N) is 5. The van der Waals surface area contributed by atoms with Gasteiger partial charge in [0.25, 0.3) is 5.91 Å². The summed E-state index contributed by atoms with van der Waals surface area (Å²) in [5.41, 5.74) is 0.632. The number of aromatic nitrogens is 4. The molecule has 3 atom stereocenters. The van der Waals surface area contributed by atoms with Crippen LogP contribution in [0.25, 0.3) is 0 Å². The first-order valence-electron chi connectivity index (χ1n) is 10.7. The molecule has 7 nitrogen and oxygen atoms in total. The molecule has 2 aromatic heterocycles. The van der Waals surface area contributed by atoms with Gasteiger partial charge in [0.15, 0.2) is 6.04 Å². The number of hydrogen-bond donors (Lipinski definition) is 1. The van der Waals surface area contributed by atoms with Gasteiger partial charge in [0.2, 0.25) is 0 Å². The minimum atomic E-state index is -4.40. The first-order chi connectivity index (χ1) is 14.4. The van der Waals surface area contributed by atoms with Crippen molar-refractivity contribution >= 4 is 11.7 Å². The summed E-state index contributed by atoms with van der Waals surface area (Å²) >= 11 is 0. The van der Waals surface area contributed by atoms with Gasteiger partial charge in [-0.25, -0.2) is 4.68 Å². The number of carbonyl (C=O) groups excluding carboxylic acids is 1. The second-order valence-electron chi connectivity index (χ2n) is 9.67. The molecular formula is C21H29F3N6O. The predicted octanol–water partition coefficient (Wildman–Crippen LogP) is 4.32. The Hall–Kier alpha value is -2.52. The van der Waals surface area contributed by atoms with E-state index in [4.69, 9.17) is 0 Å². The highest BCUT2D eigenvalue weighted by molar-refractivity contribution is 5.94. The molecule has 0 radical (unpaired) electrons. The number of piperidine rings is 1. The van der Waals surface area contributed by atoms with Gasteiger partial charge in [-0.15, -0.1) is 0 Å². The predicted molar refractivity (Wildman–Crippen MR) is 110 cm³/mol. The fraction of sp³-hybridized carbons (Fsp3) is 0.667. The van der Waals surface area contributed by atoms with Crippen LogP contribution in [0.15, 0.2) is 18.5 Å². The van der Waals surface area contributed by atoms with Crippen LogP contribution in [0.2, 0.25) is 0 Å². The lowest BCUT2D eigenvalue weighted by atomic mass is 9.82. The fourth-order valence-electron chi connectivity index (χ4n) is 4.50. The number of likely N-dealkylation sites (tertiary alicyclic amines) is 1. The summed E-state index contributed by atoms with van der Waals surface area (Å²) in [4.78, 5) is 14.8. The van der Waals surface area contributed by atoms with E-state index in [0.29, 0.717) is 30.0 Å². The number of carbonyl (C=O) groups is 1. The van der Waals surface area contributed by atoms with Crippen molar-refractivity contribution in [2.24, 2.45) is 12.5 Å². The van der Waals surface area contributed by atoms with E-state index in [0.717, 1.165) is 17.5 Å². The zero-order chi connectivity index (χ0) is 22.6. The maximum Gasteiger partial charge on any atom is 0.410 e. The third-order valence-corrected chi connectivity index (χ3v) is 6.31. The molecule has 1 N–H and O–H groups in total. The Balaban J connectivity index is 1.68. The smallest absolute Gasteiger partial charge is 0.367 e. The van der Waals surface area contributed by atoms with Crippen molar-refractivity contribution in [3.8, 4) is 0 Å². The summed E-state index contributed by atoms with van der Waals surface area (Å²) in [6.45, 7) is 6.34. The molecule has 1 unspecified atom stereocenters. The first kappa shape index (κ1) is 21.7. The van der Waals surface area contributed by atoms with Crippen LogP contribution in [0.4, 0.5) is 19.0 Å². The zero-order valence-electron chi connectivity index (χ0n) is 18.3. The molecular weight excluding hydrogens is 409 g/mol. The number of aryl methyl sites for hydroxylation is 1. The number of rotatable bonds is 2. The van der Waals surface area contributed by atoms with Gasteiger partial charge in [0, 0.05) is 31.9 Å². The average molecular weight is 438 g/mol. The molecule has 10 heteroatoms. The molecule has 4 rings (SSSR count). The second kappa shape index (κ2) is 7.56. The van der Waals surface area contributed by atoms with E-state index < -0.39 is 12.2 Å². The van der Waals surface area contributed by atoms with E-state index in [1.807, 2.05) is 20.8 Å². The van der Waals surface area contributed by atoms with Crippen LogP contribution in [0, 0.1) is 5.41 Å². The minimum absolute atomic E-state index is 0.0792. The summed E-state index contributed by atoms with van der Waals surface area (Å²) in [5.74, 6) is 0.194. The maximum atomic E-state index is 13.9. The minimum Gasteiger partial charge on any atom is -0.367 e. The number of halogens is 3. The van der Waals surface area contributed by atoms with Gasteiger partial charge in [-0.2, -0.15) is 23.4 Å². The summed E-state index contributed by atoms with van der Waals surface area (Å²) in [5, 5.41) is 11.7. The van der Waals surface area contributed by atoms with Crippen LogP contribution >= 0.6 is 0 Å². The molecule has 1 amide bonds. The van der Waals surface area contributed by atoms with E-state index in [1.165, 1.54) is 6.20 Å². The van der Waals surface area contributed by atoms with Crippen molar-refractivity contribution in [3.05, 3.63) is 29.7 Å². The Bertz CT molecular complexity index is 957. The molecule has 4 heterocycles. The Morgan fingerprint density at radius 2 is 1.97 bits per heavy atom. The summed E-state index contributed by atoms with van der Waals surface area (Å²) in [7, 11) is 1.74. The van der Waals surface area contributed by atoms with Crippen LogP contribution < -0.4 is 5.32 Å². The number of hydrogen-bond acceptors (Lipinski definition) is 4. The van der Waals surface area contributed by atoms with Crippen molar-refractivity contribution in [3.63, 3.8) is 0 Å². The summed E-state index contributed by atoms with van der Waals surface area (Å²) in [6, 6.07) is -0.692. The van der Waals surface area contributed by atoms with E-state index in [-0.39, 0.29) is 29.8 Å². The van der Waals surface area contributed by atoms with Gasteiger partial charge in [0.1, 0.15) is 5.82 Å². The number of nitrogens with one attached hydrogen (secondary N) is 1. The van der Waals surface area contributed by atoms with Crippen LogP contribution in [0.3, 0.4) is 0 Å². The van der Waals surface area contributed by atoms with E-state index in [1.54, 1.807) is 28.9 Å². The third kappa shape index (κ3) is 4.16. The van der Waals surface area contributed by atoms with Crippen molar-refractivity contribution in [2.45, 2.75) is 70.8 Å². The van der Waals surface area contributed by atoms with Crippen LogP contribution in [-0.4, -0.2) is 49.1 Å². The highest BCUT2D eigenvalue weighted by Gasteiger charge is 2.48. The molecule has 0 bridgehead atoms. The monoisotopic (exact) mass is 438 g/mol. The van der Waals surface area contributed by atoms with E-state index in [2.05, 4.69) is 15.5 Å². The molecule has 0 aliphatic carbocycles. The number of anilines is 1. The largest absolute Gasteiger partial charge is 0.410 e. The highest BCUT2D eigenvalue weighted by Crippen LogP contribution is 2.44. The summed E-state index contributed by atoms with van der Waals surface area (Å²) in [6.07, 6.45) is 1.10. The first-order valence-corrected chi connectivity index (χ1v) is 10.7. The normalized spacial score (nSPS) is 24.6. The number of alkyl halides is 3. The van der Waals surface area contributed by atoms with Gasteiger partial charge >= 0.3 is 6.18 Å². The van der Waals surface area contributed by atoms with Crippen LogP contribution in [0.5, 0.6) is 0 Å². The Morgan fingerprint density at radius 3 is 2.58 bits per heavy atom. The van der Waals surface area contributed by atoms with Gasteiger partial charge < -0.3 is 10.2 Å². The molecule has 0 spiro atoms. The Morgan fingerprint density at radius 1 is 1.23 bits per heavy atom.